The van der Waals surface area contributed by atoms with Gasteiger partial charge in [0, 0.05) is 18.5 Å². The number of rotatable bonds is 8. The standard InChI is InChI=1S/C19H22N4O3/c20-19(21)23-16-3-1-2-15(12-16)18(26)22-11-10-14-6-4-13(5-7-14)8-9-17(24)25/h1-7,12H,8-11H2,(H,22,26)(H,24,25)(H4,20,21,23). The second-order valence-corrected chi connectivity index (χ2v) is 5.80. The molecule has 0 atom stereocenters. The summed E-state index contributed by atoms with van der Waals surface area (Å²) in [5.41, 5.74) is 13.7. The smallest absolute Gasteiger partial charge is 0.303 e. The normalized spacial score (nSPS) is 10.2. The first kappa shape index (κ1) is 19.0. The maximum atomic E-state index is 12.2. The van der Waals surface area contributed by atoms with Crippen LogP contribution in [-0.2, 0) is 17.6 Å². The van der Waals surface area contributed by atoms with E-state index in [1.54, 1.807) is 24.3 Å². The van der Waals surface area contributed by atoms with Crippen LogP contribution in [0.15, 0.2) is 53.5 Å². The highest BCUT2D eigenvalue weighted by molar-refractivity contribution is 5.95. The molecule has 0 aliphatic heterocycles. The van der Waals surface area contributed by atoms with Crippen molar-refractivity contribution in [3.63, 3.8) is 0 Å². The third-order valence-corrected chi connectivity index (χ3v) is 3.72. The number of aliphatic carboxylic acids is 1. The van der Waals surface area contributed by atoms with E-state index in [9.17, 15) is 9.59 Å². The molecule has 0 spiro atoms. The zero-order chi connectivity index (χ0) is 18.9. The average molecular weight is 354 g/mol. The van der Waals surface area contributed by atoms with Crippen molar-refractivity contribution >= 4 is 23.5 Å². The van der Waals surface area contributed by atoms with Crippen molar-refractivity contribution in [1.82, 2.24) is 5.32 Å². The number of aliphatic imine (C=N–C) groups is 1. The molecule has 0 saturated carbocycles. The molecule has 0 saturated heterocycles. The Morgan fingerprint density at radius 1 is 1.00 bits per heavy atom. The lowest BCUT2D eigenvalue weighted by molar-refractivity contribution is -0.136. The van der Waals surface area contributed by atoms with Crippen LogP contribution in [0.3, 0.4) is 0 Å². The van der Waals surface area contributed by atoms with Crippen LogP contribution in [0.4, 0.5) is 5.69 Å². The van der Waals surface area contributed by atoms with Crippen molar-refractivity contribution in [2.75, 3.05) is 6.54 Å². The molecule has 2 aromatic rings. The summed E-state index contributed by atoms with van der Waals surface area (Å²) in [6.07, 6.45) is 1.31. The van der Waals surface area contributed by atoms with E-state index in [0.29, 0.717) is 30.6 Å². The number of carboxylic acids is 1. The number of nitrogens with one attached hydrogen (secondary N) is 1. The van der Waals surface area contributed by atoms with Gasteiger partial charge in [0.25, 0.3) is 5.91 Å². The number of guanidine groups is 1. The number of hydrogen-bond donors (Lipinski definition) is 4. The minimum absolute atomic E-state index is 0.0608. The van der Waals surface area contributed by atoms with Gasteiger partial charge in [-0.1, -0.05) is 30.3 Å². The number of carbonyl (C=O) groups is 2. The third kappa shape index (κ3) is 6.27. The Hall–Kier alpha value is -3.35. The van der Waals surface area contributed by atoms with Crippen LogP contribution in [-0.4, -0.2) is 29.5 Å². The molecule has 0 fully saturated rings. The van der Waals surface area contributed by atoms with Gasteiger partial charge in [0.15, 0.2) is 5.96 Å². The molecule has 0 aromatic heterocycles. The molecular formula is C19H22N4O3. The summed E-state index contributed by atoms with van der Waals surface area (Å²) >= 11 is 0. The predicted molar refractivity (Wildman–Crippen MR) is 100 cm³/mol. The number of nitrogens with two attached hydrogens (primary N) is 2. The molecule has 0 heterocycles. The fourth-order valence-corrected chi connectivity index (χ4v) is 2.41. The van der Waals surface area contributed by atoms with E-state index in [4.69, 9.17) is 16.6 Å². The molecule has 0 radical (unpaired) electrons. The Labute approximate surface area is 151 Å². The van der Waals surface area contributed by atoms with Crippen molar-refractivity contribution in [1.29, 1.82) is 0 Å². The number of carbonyl (C=O) groups excluding carboxylic acids is 1. The first-order chi connectivity index (χ1) is 12.4. The van der Waals surface area contributed by atoms with Crippen LogP contribution >= 0.6 is 0 Å². The first-order valence-electron chi connectivity index (χ1n) is 8.21. The van der Waals surface area contributed by atoms with Crippen LogP contribution in [0.1, 0.15) is 27.9 Å². The molecule has 7 heteroatoms. The molecular weight excluding hydrogens is 332 g/mol. The van der Waals surface area contributed by atoms with Crippen LogP contribution in [0.5, 0.6) is 0 Å². The van der Waals surface area contributed by atoms with Gasteiger partial charge in [-0.3, -0.25) is 9.59 Å². The largest absolute Gasteiger partial charge is 0.481 e. The quantitative estimate of drug-likeness (QED) is 0.422. The minimum Gasteiger partial charge on any atom is -0.481 e. The summed E-state index contributed by atoms with van der Waals surface area (Å²) < 4.78 is 0. The van der Waals surface area contributed by atoms with Gasteiger partial charge in [-0.25, -0.2) is 4.99 Å². The fourth-order valence-electron chi connectivity index (χ4n) is 2.41. The zero-order valence-electron chi connectivity index (χ0n) is 14.3. The van der Waals surface area contributed by atoms with E-state index >= 15 is 0 Å². The second-order valence-electron chi connectivity index (χ2n) is 5.80. The Bertz CT molecular complexity index is 797. The highest BCUT2D eigenvalue weighted by Gasteiger charge is 2.06. The molecule has 26 heavy (non-hydrogen) atoms. The third-order valence-electron chi connectivity index (χ3n) is 3.72. The summed E-state index contributed by atoms with van der Waals surface area (Å²) in [6.45, 7) is 0.486. The van der Waals surface area contributed by atoms with Crippen molar-refractivity contribution in [2.24, 2.45) is 16.5 Å². The molecule has 1 amide bonds. The number of benzene rings is 2. The Morgan fingerprint density at radius 2 is 1.65 bits per heavy atom. The van der Waals surface area contributed by atoms with Crippen LogP contribution in [0.2, 0.25) is 0 Å². The minimum atomic E-state index is -0.805. The number of amides is 1. The summed E-state index contributed by atoms with van der Waals surface area (Å²) in [6, 6.07) is 14.5. The number of hydrogen-bond acceptors (Lipinski definition) is 3. The summed E-state index contributed by atoms with van der Waals surface area (Å²) in [5.74, 6) is -1.06. The van der Waals surface area contributed by atoms with E-state index in [0.717, 1.165) is 11.1 Å². The molecule has 136 valence electrons. The molecule has 6 N–H and O–H groups in total. The van der Waals surface area contributed by atoms with Crippen LogP contribution in [0.25, 0.3) is 0 Å². The second kappa shape index (κ2) is 9.22. The lowest BCUT2D eigenvalue weighted by Crippen LogP contribution is -2.25. The van der Waals surface area contributed by atoms with Gasteiger partial charge in [0.05, 0.1) is 5.69 Å². The summed E-state index contributed by atoms with van der Waals surface area (Å²) in [7, 11) is 0. The molecule has 0 aliphatic carbocycles. The van der Waals surface area contributed by atoms with Gasteiger partial charge in [-0.05, 0) is 42.2 Å². The van der Waals surface area contributed by atoms with E-state index < -0.39 is 5.97 Å². The zero-order valence-corrected chi connectivity index (χ0v) is 14.3. The molecule has 0 unspecified atom stereocenters. The SMILES string of the molecule is NC(N)=Nc1cccc(C(=O)NCCc2ccc(CCC(=O)O)cc2)c1. The molecule has 0 aliphatic rings. The Kier molecular flexibility index (Phi) is 6.73. The average Bonchev–Trinajstić information content (AvgIpc) is 2.60. The molecule has 0 bridgehead atoms. The fraction of sp³-hybridized carbons (Fsp3) is 0.211. The predicted octanol–water partition coefficient (Wildman–Crippen LogP) is 1.58. The van der Waals surface area contributed by atoms with E-state index in [2.05, 4.69) is 10.3 Å². The van der Waals surface area contributed by atoms with Crippen molar-refractivity contribution in [3.8, 4) is 0 Å². The van der Waals surface area contributed by atoms with Gasteiger partial charge < -0.3 is 21.9 Å². The summed E-state index contributed by atoms with van der Waals surface area (Å²) in [5, 5.41) is 11.5. The van der Waals surface area contributed by atoms with E-state index in [1.165, 1.54) is 0 Å². The number of nitrogens with zero attached hydrogens (tertiary/aromatic N) is 1. The van der Waals surface area contributed by atoms with Gasteiger partial charge in [0.1, 0.15) is 0 Å². The van der Waals surface area contributed by atoms with E-state index in [1.807, 2.05) is 24.3 Å². The summed E-state index contributed by atoms with van der Waals surface area (Å²) in [4.78, 5) is 26.7. The van der Waals surface area contributed by atoms with Crippen molar-refractivity contribution < 1.29 is 14.7 Å². The van der Waals surface area contributed by atoms with Crippen molar-refractivity contribution in [3.05, 3.63) is 65.2 Å². The lowest BCUT2D eigenvalue weighted by Gasteiger charge is -2.07. The maximum Gasteiger partial charge on any atom is 0.303 e. The molecule has 2 rings (SSSR count). The van der Waals surface area contributed by atoms with Crippen LogP contribution < -0.4 is 16.8 Å². The van der Waals surface area contributed by atoms with Gasteiger partial charge in [-0.15, -0.1) is 0 Å². The Morgan fingerprint density at radius 3 is 2.27 bits per heavy atom. The molecule has 2 aromatic carbocycles. The number of carboxylic acid groups (broad SMARTS) is 1. The number of aryl methyl sites for hydroxylation is 1. The maximum absolute atomic E-state index is 12.2. The Balaban J connectivity index is 1.84. The topological polar surface area (TPSA) is 131 Å². The van der Waals surface area contributed by atoms with E-state index in [-0.39, 0.29) is 18.3 Å². The van der Waals surface area contributed by atoms with Crippen LogP contribution in [0, 0.1) is 0 Å². The van der Waals surface area contributed by atoms with Gasteiger partial charge in [0.2, 0.25) is 0 Å². The van der Waals surface area contributed by atoms with Crippen molar-refractivity contribution in [2.45, 2.75) is 19.3 Å². The highest BCUT2D eigenvalue weighted by atomic mass is 16.4. The monoisotopic (exact) mass is 354 g/mol. The van der Waals surface area contributed by atoms with Gasteiger partial charge >= 0.3 is 5.97 Å². The highest BCUT2D eigenvalue weighted by Crippen LogP contribution is 2.14. The molecule has 7 nitrogen and oxygen atoms in total. The first-order valence-corrected chi connectivity index (χ1v) is 8.21. The lowest BCUT2D eigenvalue weighted by atomic mass is 10.1. The van der Waals surface area contributed by atoms with Gasteiger partial charge in [-0.2, -0.15) is 0 Å².